The summed E-state index contributed by atoms with van der Waals surface area (Å²) in [5.41, 5.74) is 0. The molecule has 0 bridgehead atoms. The topological polar surface area (TPSA) is 58.2 Å². The van der Waals surface area contributed by atoms with Crippen LogP contribution in [0.25, 0.3) is 0 Å². The second-order valence-electron chi connectivity index (χ2n) is 3.47. The molecule has 0 aromatic carbocycles. The van der Waals surface area contributed by atoms with Gasteiger partial charge in [-0.3, -0.25) is 0 Å². The molecule has 5 heteroatoms. The third kappa shape index (κ3) is 5.23. The van der Waals surface area contributed by atoms with Gasteiger partial charge in [0.05, 0.1) is 5.75 Å². The van der Waals surface area contributed by atoms with E-state index in [4.69, 9.17) is 0 Å². The van der Waals surface area contributed by atoms with Crippen molar-refractivity contribution in [2.45, 2.75) is 19.8 Å². The van der Waals surface area contributed by atoms with Crippen LogP contribution < -0.4 is 10.0 Å². The predicted molar refractivity (Wildman–Crippen MR) is 53.1 cm³/mol. The first-order chi connectivity index (χ1) is 6.14. The molecule has 0 spiro atoms. The average molecular weight is 206 g/mol. The zero-order valence-electron chi connectivity index (χ0n) is 8.04. The van der Waals surface area contributed by atoms with Crippen molar-refractivity contribution in [2.75, 3.05) is 25.4 Å². The third-order valence-corrected chi connectivity index (χ3v) is 3.58. The summed E-state index contributed by atoms with van der Waals surface area (Å²) in [6.45, 7) is 4.09. The molecule has 13 heavy (non-hydrogen) atoms. The lowest BCUT2D eigenvalue weighted by Gasteiger charge is -2.05. The molecule has 1 saturated carbocycles. The molecule has 0 saturated heterocycles. The molecule has 1 fully saturated rings. The van der Waals surface area contributed by atoms with Crippen molar-refractivity contribution >= 4 is 10.0 Å². The van der Waals surface area contributed by atoms with E-state index in [0.29, 0.717) is 24.8 Å². The molecule has 0 heterocycles. The van der Waals surface area contributed by atoms with E-state index >= 15 is 0 Å². The van der Waals surface area contributed by atoms with Gasteiger partial charge in [0.1, 0.15) is 0 Å². The van der Waals surface area contributed by atoms with E-state index in [9.17, 15) is 8.42 Å². The highest BCUT2D eigenvalue weighted by atomic mass is 32.2. The zero-order chi connectivity index (χ0) is 9.73. The normalized spacial score (nSPS) is 17.6. The molecule has 0 radical (unpaired) electrons. The van der Waals surface area contributed by atoms with Crippen LogP contribution in [0.3, 0.4) is 0 Å². The molecule has 0 amide bonds. The van der Waals surface area contributed by atoms with Gasteiger partial charge in [-0.15, -0.1) is 0 Å². The van der Waals surface area contributed by atoms with Gasteiger partial charge < -0.3 is 5.32 Å². The molecule has 1 aliphatic rings. The Labute approximate surface area is 80.1 Å². The van der Waals surface area contributed by atoms with Crippen molar-refractivity contribution in [3.05, 3.63) is 0 Å². The SMILES string of the molecule is CCNCCNS(=O)(=O)CC1CC1. The van der Waals surface area contributed by atoms with Crippen LogP contribution in [0, 0.1) is 5.92 Å². The fourth-order valence-corrected chi connectivity index (χ4v) is 2.61. The van der Waals surface area contributed by atoms with E-state index in [1.165, 1.54) is 0 Å². The maximum Gasteiger partial charge on any atom is 0.211 e. The summed E-state index contributed by atoms with van der Waals surface area (Å²) in [6.07, 6.45) is 2.16. The van der Waals surface area contributed by atoms with Crippen molar-refractivity contribution < 1.29 is 8.42 Å². The summed E-state index contributed by atoms with van der Waals surface area (Å²) in [4.78, 5) is 0. The summed E-state index contributed by atoms with van der Waals surface area (Å²) in [5.74, 6) is 0.746. The Morgan fingerprint density at radius 2 is 2.00 bits per heavy atom. The third-order valence-electron chi connectivity index (χ3n) is 2.03. The van der Waals surface area contributed by atoms with Gasteiger partial charge in [0, 0.05) is 13.1 Å². The molecule has 2 N–H and O–H groups in total. The summed E-state index contributed by atoms with van der Waals surface area (Å²) < 4.78 is 25.2. The number of sulfonamides is 1. The molecule has 0 unspecified atom stereocenters. The quantitative estimate of drug-likeness (QED) is 0.573. The number of hydrogen-bond acceptors (Lipinski definition) is 3. The lowest BCUT2D eigenvalue weighted by atomic mass is 10.5. The first kappa shape index (κ1) is 10.9. The van der Waals surface area contributed by atoms with E-state index in [2.05, 4.69) is 10.0 Å². The zero-order valence-corrected chi connectivity index (χ0v) is 8.86. The smallest absolute Gasteiger partial charge is 0.211 e. The van der Waals surface area contributed by atoms with E-state index in [0.717, 1.165) is 19.4 Å². The summed E-state index contributed by atoms with van der Waals surface area (Å²) in [7, 11) is -2.99. The van der Waals surface area contributed by atoms with Crippen LogP contribution >= 0.6 is 0 Å². The fraction of sp³-hybridized carbons (Fsp3) is 1.00. The van der Waals surface area contributed by atoms with Gasteiger partial charge in [-0.2, -0.15) is 0 Å². The van der Waals surface area contributed by atoms with Crippen LogP contribution in [-0.2, 0) is 10.0 Å². The van der Waals surface area contributed by atoms with Crippen molar-refractivity contribution in [1.29, 1.82) is 0 Å². The predicted octanol–water partition coefficient (Wildman–Crippen LogP) is -0.0747. The highest BCUT2D eigenvalue weighted by molar-refractivity contribution is 7.89. The molecule has 0 aliphatic heterocycles. The Kier molecular flexibility index (Phi) is 4.15. The van der Waals surface area contributed by atoms with Gasteiger partial charge in [-0.25, -0.2) is 13.1 Å². The Morgan fingerprint density at radius 1 is 1.31 bits per heavy atom. The molecule has 0 atom stereocenters. The van der Waals surface area contributed by atoms with Crippen LogP contribution in [0.5, 0.6) is 0 Å². The van der Waals surface area contributed by atoms with Crippen molar-refractivity contribution in [2.24, 2.45) is 5.92 Å². The lowest BCUT2D eigenvalue weighted by Crippen LogP contribution is -2.33. The van der Waals surface area contributed by atoms with Crippen molar-refractivity contribution in [1.82, 2.24) is 10.0 Å². The van der Waals surface area contributed by atoms with Crippen LogP contribution in [0.2, 0.25) is 0 Å². The van der Waals surface area contributed by atoms with Gasteiger partial charge in [0.2, 0.25) is 10.0 Å². The summed E-state index contributed by atoms with van der Waals surface area (Å²) in [6, 6.07) is 0. The van der Waals surface area contributed by atoms with Gasteiger partial charge in [0.25, 0.3) is 0 Å². The van der Waals surface area contributed by atoms with Gasteiger partial charge >= 0.3 is 0 Å². The largest absolute Gasteiger partial charge is 0.316 e. The highest BCUT2D eigenvalue weighted by Gasteiger charge is 2.27. The Morgan fingerprint density at radius 3 is 2.54 bits per heavy atom. The first-order valence-corrected chi connectivity index (χ1v) is 6.47. The second-order valence-corrected chi connectivity index (χ2v) is 5.32. The van der Waals surface area contributed by atoms with E-state index in [1.807, 2.05) is 6.92 Å². The minimum atomic E-state index is -2.99. The monoisotopic (exact) mass is 206 g/mol. The molecular weight excluding hydrogens is 188 g/mol. The number of hydrogen-bond donors (Lipinski definition) is 2. The van der Waals surface area contributed by atoms with Gasteiger partial charge in [-0.1, -0.05) is 6.92 Å². The summed E-state index contributed by atoms with van der Waals surface area (Å²) in [5, 5.41) is 3.06. The van der Waals surface area contributed by atoms with E-state index < -0.39 is 10.0 Å². The van der Waals surface area contributed by atoms with Crippen molar-refractivity contribution in [3.63, 3.8) is 0 Å². The Bertz CT molecular complexity index is 235. The maximum absolute atomic E-state index is 11.3. The molecule has 4 nitrogen and oxygen atoms in total. The average Bonchev–Trinajstić information content (AvgIpc) is 2.81. The number of nitrogens with one attached hydrogen (secondary N) is 2. The standard InChI is InChI=1S/C8H18N2O2S/c1-2-9-5-6-10-13(11,12)7-8-3-4-8/h8-10H,2-7H2,1H3. The fourth-order valence-electron chi connectivity index (χ4n) is 1.13. The molecule has 1 aliphatic carbocycles. The molecule has 78 valence electrons. The van der Waals surface area contributed by atoms with Crippen LogP contribution in [0.15, 0.2) is 0 Å². The molecule has 0 aromatic heterocycles. The van der Waals surface area contributed by atoms with Crippen LogP contribution in [0.4, 0.5) is 0 Å². The first-order valence-electron chi connectivity index (χ1n) is 4.82. The minimum absolute atomic E-state index is 0.319. The molecule has 1 rings (SSSR count). The molecular formula is C8H18N2O2S. The minimum Gasteiger partial charge on any atom is -0.316 e. The number of rotatable bonds is 7. The Balaban J connectivity index is 2.10. The van der Waals surface area contributed by atoms with Crippen LogP contribution in [-0.4, -0.2) is 33.8 Å². The Hall–Kier alpha value is -0.130. The number of likely N-dealkylation sites (N-methyl/N-ethyl adjacent to an activating group) is 1. The van der Waals surface area contributed by atoms with E-state index in [1.54, 1.807) is 0 Å². The van der Waals surface area contributed by atoms with Crippen molar-refractivity contribution in [3.8, 4) is 0 Å². The van der Waals surface area contributed by atoms with Gasteiger partial charge in [-0.05, 0) is 25.3 Å². The summed E-state index contributed by atoms with van der Waals surface area (Å²) >= 11 is 0. The van der Waals surface area contributed by atoms with Gasteiger partial charge in [0.15, 0.2) is 0 Å². The maximum atomic E-state index is 11.3. The van der Waals surface area contributed by atoms with Crippen LogP contribution in [0.1, 0.15) is 19.8 Å². The molecule has 0 aromatic rings. The second kappa shape index (κ2) is 4.93. The van der Waals surface area contributed by atoms with E-state index in [-0.39, 0.29) is 0 Å². The lowest BCUT2D eigenvalue weighted by molar-refractivity contribution is 0.573. The highest BCUT2D eigenvalue weighted by Crippen LogP contribution is 2.29.